The van der Waals surface area contributed by atoms with Gasteiger partial charge in [0, 0.05) is 0 Å². The first kappa shape index (κ1) is 28.2. The number of rotatable bonds is 0. The fourth-order valence-corrected chi connectivity index (χ4v) is 0. The van der Waals surface area contributed by atoms with Gasteiger partial charge >= 0.3 is 94.4 Å². The van der Waals surface area contributed by atoms with Gasteiger partial charge in [-0.15, -0.1) is 0 Å². The molecule has 0 aliphatic heterocycles. The maximum Gasteiger partial charge on any atom is 2.00 e. The standard InChI is InChI=1S/Ba.H2O.O.Sr/h;1H2;;/q+2;;-2;+2/p-1. The third kappa shape index (κ3) is 8.88. The monoisotopic (exact) mass is 259 g/mol. The molecular weight excluding hydrogens is 257 g/mol. The summed E-state index contributed by atoms with van der Waals surface area (Å²) in [4.78, 5) is 0. The largest absolute Gasteiger partial charge is 2.00 e. The molecule has 2 nitrogen and oxygen atoms in total. The van der Waals surface area contributed by atoms with Crippen molar-refractivity contribution in [2.24, 2.45) is 0 Å². The van der Waals surface area contributed by atoms with Gasteiger partial charge < -0.3 is 11.0 Å². The minimum Gasteiger partial charge on any atom is -2.00 e. The van der Waals surface area contributed by atoms with E-state index < -0.39 is 0 Å². The Morgan fingerprint density at radius 1 is 1.00 bits per heavy atom. The second-order valence-corrected chi connectivity index (χ2v) is 0. The van der Waals surface area contributed by atoms with Crippen LogP contribution in [0.3, 0.4) is 0 Å². The van der Waals surface area contributed by atoms with Crippen LogP contribution in [-0.4, -0.2) is 99.8 Å². The molecule has 0 bridgehead atoms. The quantitative estimate of drug-likeness (QED) is 0.511. The zero-order chi connectivity index (χ0) is 0. The molecule has 0 spiro atoms. The fourth-order valence-electron chi connectivity index (χ4n) is 0. The van der Waals surface area contributed by atoms with Crippen LogP contribution in [0.25, 0.3) is 0 Å². The minimum atomic E-state index is 0. The topological polar surface area (TPSA) is 58.5 Å². The first-order chi connectivity index (χ1) is 0. The fraction of sp³-hybridized carbons (Fsp3) is 0. The number of hydrogen-bond donors (Lipinski definition) is 0. The molecule has 0 aromatic rings. The van der Waals surface area contributed by atoms with E-state index in [1.807, 2.05) is 0 Å². The van der Waals surface area contributed by atoms with Crippen molar-refractivity contribution in [1.29, 1.82) is 0 Å². The SMILES string of the molecule is [Ba+2].[O-2].[OH-].[Sr+2]. The Morgan fingerprint density at radius 3 is 1.00 bits per heavy atom. The summed E-state index contributed by atoms with van der Waals surface area (Å²) in [6.07, 6.45) is 0. The summed E-state index contributed by atoms with van der Waals surface area (Å²) < 4.78 is 0. The molecule has 0 saturated carbocycles. The Hall–Kier alpha value is 2.97. The van der Waals surface area contributed by atoms with E-state index in [4.69, 9.17) is 0 Å². The second-order valence-electron chi connectivity index (χ2n) is 0. The molecule has 0 heterocycles. The molecule has 1 N–H and O–H groups in total. The molecule has 0 aromatic heterocycles. The molecule has 0 atom stereocenters. The van der Waals surface area contributed by atoms with Crippen LogP contribution in [0, 0.1) is 0 Å². The summed E-state index contributed by atoms with van der Waals surface area (Å²) in [5.74, 6) is 0. The maximum atomic E-state index is 0. The molecule has 0 unspecified atom stereocenters. The van der Waals surface area contributed by atoms with E-state index >= 15 is 0 Å². The molecule has 0 aromatic carbocycles. The predicted octanol–water partition coefficient (Wildman–Crippen LogP) is -1.06. The van der Waals surface area contributed by atoms with Gasteiger partial charge in [-0.05, 0) is 0 Å². The predicted molar refractivity (Wildman–Crippen MR) is 14.1 cm³/mol. The zero-order valence-electron chi connectivity index (χ0n) is 2.27. The summed E-state index contributed by atoms with van der Waals surface area (Å²) in [5.41, 5.74) is 0. The first-order valence-electron chi connectivity index (χ1n) is 0. The summed E-state index contributed by atoms with van der Waals surface area (Å²) in [6, 6.07) is 0. The molecule has 4 heavy (non-hydrogen) atoms. The van der Waals surface area contributed by atoms with Crippen molar-refractivity contribution in [1.82, 2.24) is 0 Å². The molecule has 0 saturated heterocycles. The average molecular weight is 258 g/mol. The maximum absolute atomic E-state index is 0. The molecule has 0 amide bonds. The summed E-state index contributed by atoms with van der Waals surface area (Å²) >= 11 is 0. The van der Waals surface area contributed by atoms with Gasteiger partial charge in [0.15, 0.2) is 0 Å². The normalized spacial score (nSPS) is 0. The molecule has 0 aliphatic rings. The first-order valence-corrected chi connectivity index (χ1v) is 0. The van der Waals surface area contributed by atoms with Gasteiger partial charge in [0.05, 0.1) is 0 Å². The van der Waals surface area contributed by atoms with Gasteiger partial charge in [-0.25, -0.2) is 0 Å². The van der Waals surface area contributed by atoms with Crippen LogP contribution in [-0.2, 0) is 5.48 Å². The van der Waals surface area contributed by atoms with Crippen molar-refractivity contribution in [2.75, 3.05) is 0 Å². The third-order valence-electron chi connectivity index (χ3n) is 0. The van der Waals surface area contributed by atoms with Gasteiger partial charge in [-0.1, -0.05) is 0 Å². The van der Waals surface area contributed by atoms with Crippen LogP contribution < -0.4 is 0 Å². The van der Waals surface area contributed by atoms with Gasteiger partial charge in [0.2, 0.25) is 0 Å². The van der Waals surface area contributed by atoms with E-state index in [9.17, 15) is 0 Å². The molecule has 4 heteroatoms. The minimum absolute atomic E-state index is 0. The van der Waals surface area contributed by atoms with Crippen molar-refractivity contribution >= 4 is 94.4 Å². The smallest absolute Gasteiger partial charge is 2.00 e. The van der Waals surface area contributed by atoms with Crippen molar-refractivity contribution in [3.8, 4) is 0 Å². The zero-order valence-corrected chi connectivity index (χ0v) is 10.2. The average Bonchev–Trinajstić information content (AvgIpc) is 0. The van der Waals surface area contributed by atoms with Crippen LogP contribution in [0.5, 0.6) is 0 Å². The van der Waals surface area contributed by atoms with Gasteiger partial charge in [0.25, 0.3) is 0 Å². The molecule has 0 fully saturated rings. The molecular formula is HBaO2Sr+. The van der Waals surface area contributed by atoms with Crippen molar-refractivity contribution in [3.63, 3.8) is 0 Å². The van der Waals surface area contributed by atoms with E-state index in [2.05, 4.69) is 0 Å². The summed E-state index contributed by atoms with van der Waals surface area (Å²) in [7, 11) is 0. The van der Waals surface area contributed by atoms with Gasteiger partial charge in [-0.2, -0.15) is 0 Å². The Bertz CT molecular complexity index is 6.00. The molecule has 0 rings (SSSR count). The molecule has 0 aliphatic carbocycles. The third-order valence-corrected chi connectivity index (χ3v) is 0. The van der Waals surface area contributed by atoms with Crippen LogP contribution >= 0.6 is 0 Å². The Kier molecular flexibility index (Phi) is 118. The van der Waals surface area contributed by atoms with Crippen LogP contribution in [0.4, 0.5) is 0 Å². The summed E-state index contributed by atoms with van der Waals surface area (Å²) in [6.45, 7) is 0. The van der Waals surface area contributed by atoms with Crippen LogP contribution in [0.15, 0.2) is 0 Å². The van der Waals surface area contributed by atoms with Gasteiger partial charge in [-0.3, -0.25) is 0 Å². The Balaban J connectivity index is 0. The summed E-state index contributed by atoms with van der Waals surface area (Å²) in [5, 5.41) is 0. The Labute approximate surface area is 102 Å². The second kappa shape index (κ2) is 16.7. The van der Waals surface area contributed by atoms with Crippen LogP contribution in [0.2, 0.25) is 0 Å². The van der Waals surface area contributed by atoms with Gasteiger partial charge in [0.1, 0.15) is 0 Å². The Morgan fingerprint density at radius 2 is 1.00 bits per heavy atom. The van der Waals surface area contributed by atoms with Crippen LogP contribution in [0.1, 0.15) is 0 Å². The van der Waals surface area contributed by atoms with E-state index in [0.29, 0.717) is 0 Å². The van der Waals surface area contributed by atoms with Crippen molar-refractivity contribution in [2.45, 2.75) is 0 Å². The molecule has 0 radical (unpaired) electrons. The van der Waals surface area contributed by atoms with E-state index in [0.717, 1.165) is 0 Å². The van der Waals surface area contributed by atoms with E-state index in [-0.39, 0.29) is 105 Å². The van der Waals surface area contributed by atoms with Crippen molar-refractivity contribution < 1.29 is 11.0 Å². The van der Waals surface area contributed by atoms with E-state index in [1.165, 1.54) is 0 Å². The van der Waals surface area contributed by atoms with Crippen molar-refractivity contribution in [3.05, 3.63) is 0 Å². The van der Waals surface area contributed by atoms with E-state index in [1.54, 1.807) is 0 Å². The molecule has 16 valence electrons. The number of hydrogen-bond acceptors (Lipinski definition) is 1.